The zero-order valence-electron chi connectivity index (χ0n) is 26.1. The first-order chi connectivity index (χ1) is 20.7. The van der Waals surface area contributed by atoms with Crippen LogP contribution in [-0.4, -0.2) is 60.5 Å². The molecule has 2 aromatic rings. The number of hydrogen-bond donors (Lipinski definition) is 2. The van der Waals surface area contributed by atoms with Crippen molar-refractivity contribution in [2.75, 3.05) is 38.8 Å². The van der Waals surface area contributed by atoms with Crippen molar-refractivity contribution >= 4 is 34.2 Å². The van der Waals surface area contributed by atoms with Crippen LogP contribution in [0.1, 0.15) is 74.4 Å². The fourth-order valence-corrected chi connectivity index (χ4v) is 7.46. The first-order valence-electron chi connectivity index (χ1n) is 15.4. The zero-order chi connectivity index (χ0) is 31.1. The van der Waals surface area contributed by atoms with E-state index in [-0.39, 0.29) is 22.7 Å². The highest BCUT2D eigenvalue weighted by Crippen LogP contribution is 2.47. The largest absolute Gasteiger partial charge is 0.490 e. The molecule has 1 saturated carbocycles. The standard InChI is InChI=1S/C33H43ClN2O4S.CH4O/c1-5-6-9-30(39-4)27-13-10-25(27)19-36-20-33(16-7-8-23-17-26(34)12-14-28(23)33)21-40-31-15-11-24(18-29(31)36)32(37)35-41(38)22(2)3;1-2/h6,9,11-12,14-15,17-18,22,25,27,30H,5,7-8,10,13,16,19-21H2,1-4H3,(H,35,37);2H,1H3/b9-6+;/t25?,27?,30?,33-,41?;/m0./s1. The van der Waals surface area contributed by atoms with Crippen LogP contribution in [0.5, 0.6) is 5.75 Å². The van der Waals surface area contributed by atoms with Crippen molar-refractivity contribution in [1.29, 1.82) is 0 Å². The third-order valence-electron chi connectivity index (χ3n) is 9.11. The number of aliphatic hydroxyl groups excluding tert-OH is 1. The second kappa shape index (κ2) is 15.1. The van der Waals surface area contributed by atoms with Crippen LogP contribution in [0.15, 0.2) is 48.6 Å². The number of fused-ring (bicyclic) bond motifs is 3. The SMILES string of the molecule is CC/C=C/C(OC)C1CCC1CN1C[C@@]2(CCCc3cc(Cl)ccc32)COc2ccc(C(=O)NS(=O)C(C)C)cc21.CO. The molecule has 5 rings (SSSR count). The van der Waals surface area contributed by atoms with Gasteiger partial charge in [-0.1, -0.05) is 36.7 Å². The van der Waals surface area contributed by atoms with Crippen LogP contribution in [0, 0.1) is 11.8 Å². The van der Waals surface area contributed by atoms with Gasteiger partial charge in [0.05, 0.1) is 18.4 Å². The van der Waals surface area contributed by atoms with Gasteiger partial charge in [-0.2, -0.15) is 0 Å². The minimum absolute atomic E-state index is 0.103. The van der Waals surface area contributed by atoms with E-state index in [1.807, 2.05) is 32.0 Å². The molecule has 7 nitrogen and oxygen atoms in total. The van der Waals surface area contributed by atoms with E-state index in [4.69, 9.17) is 26.2 Å². The third kappa shape index (κ3) is 7.47. The van der Waals surface area contributed by atoms with Gasteiger partial charge in [-0.3, -0.25) is 9.52 Å². The zero-order valence-corrected chi connectivity index (χ0v) is 27.7. The molecule has 3 aliphatic rings. The van der Waals surface area contributed by atoms with E-state index in [9.17, 15) is 9.00 Å². The number of aliphatic hydroxyl groups is 1. The number of rotatable bonds is 9. The first kappa shape index (κ1) is 33.5. The predicted octanol–water partition coefficient (Wildman–Crippen LogP) is 6.23. The highest BCUT2D eigenvalue weighted by molar-refractivity contribution is 7.84. The second-order valence-corrected chi connectivity index (χ2v) is 14.3. The Morgan fingerprint density at radius 1 is 1.26 bits per heavy atom. The predicted molar refractivity (Wildman–Crippen MR) is 176 cm³/mol. The molecule has 0 radical (unpaired) electrons. The fraction of sp³-hybridized carbons (Fsp3) is 0.559. The normalized spacial score (nSPS) is 24.1. The smallest absolute Gasteiger partial charge is 0.263 e. The van der Waals surface area contributed by atoms with Crippen molar-refractivity contribution in [1.82, 2.24) is 4.72 Å². The summed E-state index contributed by atoms with van der Waals surface area (Å²) in [7, 11) is 1.36. The summed E-state index contributed by atoms with van der Waals surface area (Å²) < 4.78 is 27.6. The van der Waals surface area contributed by atoms with E-state index in [0.29, 0.717) is 24.0 Å². The number of methoxy groups -OCH3 is 1. The Kier molecular flexibility index (Phi) is 11.7. The van der Waals surface area contributed by atoms with Gasteiger partial charge < -0.3 is 19.5 Å². The monoisotopic (exact) mass is 630 g/mol. The summed E-state index contributed by atoms with van der Waals surface area (Å²) >= 11 is 6.41. The van der Waals surface area contributed by atoms with E-state index >= 15 is 0 Å². The van der Waals surface area contributed by atoms with Crippen LogP contribution in [0.2, 0.25) is 5.02 Å². The molecule has 2 N–H and O–H groups in total. The summed E-state index contributed by atoms with van der Waals surface area (Å²) in [6.45, 7) is 8.03. The van der Waals surface area contributed by atoms with Crippen LogP contribution < -0.4 is 14.4 Å². The highest BCUT2D eigenvalue weighted by Gasteiger charge is 2.44. The van der Waals surface area contributed by atoms with Gasteiger partial charge in [0.1, 0.15) is 16.7 Å². The van der Waals surface area contributed by atoms with E-state index in [0.717, 1.165) is 75.2 Å². The molecule has 0 saturated heterocycles. The van der Waals surface area contributed by atoms with Crippen molar-refractivity contribution in [3.63, 3.8) is 0 Å². The summed E-state index contributed by atoms with van der Waals surface area (Å²) in [4.78, 5) is 15.6. The lowest BCUT2D eigenvalue weighted by Crippen LogP contribution is -2.49. The Hall–Kier alpha value is -2.39. The number of amides is 1. The van der Waals surface area contributed by atoms with Gasteiger partial charge >= 0.3 is 0 Å². The maximum absolute atomic E-state index is 13.1. The Morgan fingerprint density at radius 2 is 2.05 bits per heavy atom. The lowest BCUT2D eigenvalue weighted by molar-refractivity contribution is 0.0132. The topological polar surface area (TPSA) is 88.1 Å². The molecular formula is C34H47ClN2O5S. The highest BCUT2D eigenvalue weighted by atomic mass is 35.5. The van der Waals surface area contributed by atoms with Crippen molar-refractivity contribution in [2.45, 2.75) is 76.1 Å². The summed E-state index contributed by atoms with van der Waals surface area (Å²) in [5.74, 6) is 1.36. The van der Waals surface area contributed by atoms with Gasteiger partial charge in [0.15, 0.2) is 0 Å². The molecule has 1 aliphatic heterocycles. The molecule has 2 aliphatic carbocycles. The number of ether oxygens (including phenoxy) is 2. The maximum Gasteiger partial charge on any atom is 0.263 e. The summed E-state index contributed by atoms with van der Waals surface area (Å²) in [5.41, 5.74) is 3.86. The molecule has 1 heterocycles. The van der Waals surface area contributed by atoms with Crippen molar-refractivity contribution < 1.29 is 23.6 Å². The van der Waals surface area contributed by atoms with Crippen molar-refractivity contribution in [3.8, 4) is 5.75 Å². The fourth-order valence-electron chi connectivity index (χ4n) is 6.73. The molecule has 9 heteroatoms. The number of benzene rings is 2. The van der Waals surface area contributed by atoms with Crippen LogP contribution in [0.3, 0.4) is 0 Å². The Labute approximate surface area is 264 Å². The average molecular weight is 631 g/mol. The van der Waals surface area contributed by atoms with Crippen molar-refractivity contribution in [3.05, 3.63) is 70.3 Å². The number of allylic oxidation sites excluding steroid dienone is 1. The minimum atomic E-state index is -1.44. The number of carbonyl (C=O) groups is 1. The minimum Gasteiger partial charge on any atom is -0.490 e. The van der Waals surface area contributed by atoms with Gasteiger partial charge in [0.25, 0.3) is 5.91 Å². The number of anilines is 1. The summed E-state index contributed by atoms with van der Waals surface area (Å²) in [5, 5.41) is 7.61. The second-order valence-electron chi connectivity index (χ2n) is 12.1. The molecule has 1 spiro atoms. The molecule has 1 fully saturated rings. The van der Waals surface area contributed by atoms with Crippen LogP contribution in [0.4, 0.5) is 5.69 Å². The molecular weight excluding hydrogens is 584 g/mol. The van der Waals surface area contributed by atoms with Crippen LogP contribution >= 0.6 is 11.6 Å². The summed E-state index contributed by atoms with van der Waals surface area (Å²) in [6, 6.07) is 11.9. The number of halogens is 1. The van der Waals surface area contributed by atoms with Gasteiger partial charge in [-0.15, -0.1) is 0 Å². The molecule has 0 bridgehead atoms. The van der Waals surface area contributed by atoms with Gasteiger partial charge in [0, 0.05) is 48.6 Å². The van der Waals surface area contributed by atoms with E-state index in [1.165, 1.54) is 11.1 Å². The molecule has 236 valence electrons. The average Bonchev–Trinajstić information content (AvgIpc) is 3.15. The van der Waals surface area contributed by atoms with Crippen LogP contribution in [0.25, 0.3) is 0 Å². The third-order valence-corrected chi connectivity index (χ3v) is 10.6. The van der Waals surface area contributed by atoms with E-state index in [1.54, 1.807) is 13.2 Å². The number of aryl methyl sites for hydroxylation is 1. The number of nitrogens with zero attached hydrogens (tertiary/aromatic N) is 1. The summed E-state index contributed by atoms with van der Waals surface area (Å²) in [6.07, 6.45) is 10.9. The molecule has 2 aromatic carbocycles. The Morgan fingerprint density at radius 3 is 2.72 bits per heavy atom. The number of carbonyl (C=O) groups excluding carboxylic acids is 1. The lowest BCUT2D eigenvalue weighted by atomic mass is 9.68. The van der Waals surface area contributed by atoms with E-state index in [2.05, 4.69) is 40.8 Å². The van der Waals surface area contributed by atoms with Gasteiger partial charge in [-0.05, 0) is 106 Å². The van der Waals surface area contributed by atoms with Gasteiger partial charge in [0.2, 0.25) is 0 Å². The molecule has 4 unspecified atom stereocenters. The lowest BCUT2D eigenvalue weighted by Gasteiger charge is -2.46. The van der Waals surface area contributed by atoms with Crippen molar-refractivity contribution in [2.24, 2.45) is 11.8 Å². The number of nitrogens with one attached hydrogen (secondary N) is 1. The molecule has 1 amide bonds. The Balaban J connectivity index is 0.00000207. The first-order valence-corrected chi connectivity index (χ1v) is 17.0. The molecule has 0 aromatic heterocycles. The van der Waals surface area contributed by atoms with Gasteiger partial charge in [-0.25, -0.2) is 4.21 Å². The molecule has 43 heavy (non-hydrogen) atoms. The molecule has 5 atom stereocenters. The quantitative estimate of drug-likeness (QED) is 0.319. The Bertz CT molecular complexity index is 1320. The van der Waals surface area contributed by atoms with E-state index < -0.39 is 11.0 Å². The van der Waals surface area contributed by atoms with Crippen LogP contribution in [-0.2, 0) is 27.6 Å². The maximum atomic E-state index is 13.1. The number of hydrogen-bond acceptors (Lipinski definition) is 6.